The van der Waals surface area contributed by atoms with Gasteiger partial charge in [-0.3, -0.25) is 19.2 Å². The molecule has 20 nitrogen and oxygen atoms in total. The van der Waals surface area contributed by atoms with Crippen molar-refractivity contribution in [3.8, 4) is 5.75 Å². The maximum Gasteiger partial charge on any atom is 0.514 e. The van der Waals surface area contributed by atoms with Crippen molar-refractivity contribution in [3.05, 3.63) is 73.9 Å². The number of halogens is 1. The Hall–Kier alpha value is -5.63. The zero-order chi connectivity index (χ0) is 46.3. The Morgan fingerprint density at radius 1 is 0.968 bits per heavy atom. The fraction of sp³-hybridized carbons (Fsp3) is 0.619. The molecular weight excluding hydrogens is 854 g/mol. The highest BCUT2D eigenvalue weighted by atomic mass is 35.5. The number of nitrogens with one attached hydrogen (secondary N) is 1. The maximum absolute atomic E-state index is 14.6. The molecule has 0 heterocycles. The molecule has 63 heavy (non-hydrogen) atoms. The van der Waals surface area contributed by atoms with Crippen molar-refractivity contribution in [1.29, 1.82) is 0 Å². The summed E-state index contributed by atoms with van der Waals surface area (Å²) in [6, 6.07) is 4.75. The molecule has 2 unspecified atom stereocenters. The third-order valence-corrected chi connectivity index (χ3v) is 14.0. The number of rotatable bonds is 20. The Bertz CT molecular complexity index is 2030. The van der Waals surface area contributed by atoms with Crippen LogP contribution in [0.4, 0.5) is 4.79 Å². The van der Waals surface area contributed by atoms with E-state index in [0.29, 0.717) is 24.8 Å². The van der Waals surface area contributed by atoms with Crippen molar-refractivity contribution < 1.29 is 72.7 Å². The number of Topliss-reactive ketones (excluding diaryl/α,β-unsaturated/α-hetero) is 1. The first-order valence-electron chi connectivity index (χ1n) is 20.7. The molecule has 1 aromatic carbocycles. The molecule has 1 amide bonds. The highest BCUT2D eigenvalue weighted by molar-refractivity contribution is 6.26. The van der Waals surface area contributed by atoms with E-state index in [1.54, 1.807) is 26.0 Å². The molecule has 344 valence electrons. The number of alkyl halides is 1. The number of ether oxygens (including phenoxy) is 4. The fourth-order valence-electron chi connectivity index (χ4n) is 10.3. The molecule has 3 saturated carbocycles. The predicted molar refractivity (Wildman–Crippen MR) is 217 cm³/mol. The number of fused-ring (bicyclic) bond motifs is 5. The molecule has 0 aliphatic heterocycles. The number of aliphatic hydroxyl groups is 1. The maximum atomic E-state index is 14.6. The summed E-state index contributed by atoms with van der Waals surface area (Å²) in [7, 11) is 0. The van der Waals surface area contributed by atoms with Gasteiger partial charge in [0.15, 0.2) is 18.0 Å². The first-order valence-corrected chi connectivity index (χ1v) is 21.0. The van der Waals surface area contributed by atoms with Gasteiger partial charge in [0, 0.05) is 36.5 Å². The largest absolute Gasteiger partial charge is 0.514 e. The number of nitrogens with zero attached hydrogens (tertiary/aromatic N) is 2. The van der Waals surface area contributed by atoms with Crippen molar-refractivity contribution in [2.45, 2.75) is 108 Å². The second-order valence-electron chi connectivity index (χ2n) is 16.9. The van der Waals surface area contributed by atoms with E-state index in [1.165, 1.54) is 37.3 Å². The standard InChI is InChI=1S/C42H52ClN3O17/c1-25-20-32-31-14-11-28-22-29(48)15-16-39(28,3)41(31,43)34(49)23-40(32,4)42(25,63-36(51)8-7-19-61-46(56)57)35(50)24-59-38(53)62-30-12-9-27(10-13-30)21-33(44-26(2)47)37(52)58-17-5-6-18-60-45(54)55/h9-10,12-13,15-16,22,25,31-34,49H,5-8,11,14,17-21,23-24H2,1-4H3,(H,44,47)/t25-,31?,32?,33+,34-,39-,40-,41-,42-/m0/s1. The van der Waals surface area contributed by atoms with Crippen LogP contribution in [0.15, 0.2) is 48.1 Å². The van der Waals surface area contributed by atoms with Crippen LogP contribution in [0.3, 0.4) is 0 Å². The number of benzene rings is 1. The third kappa shape index (κ3) is 10.1. The molecule has 3 fully saturated rings. The highest BCUT2D eigenvalue weighted by Crippen LogP contribution is 2.72. The number of allylic oxidation sites excluding steroid dienone is 4. The smallest absolute Gasteiger partial charge is 0.464 e. The van der Waals surface area contributed by atoms with E-state index in [-0.39, 0.29) is 63.3 Å². The van der Waals surface area contributed by atoms with Gasteiger partial charge in [-0.2, -0.15) is 0 Å². The van der Waals surface area contributed by atoms with Gasteiger partial charge in [-0.05, 0) is 86.6 Å². The van der Waals surface area contributed by atoms with Gasteiger partial charge in [0.2, 0.25) is 11.7 Å². The third-order valence-electron chi connectivity index (χ3n) is 13.1. The fourth-order valence-corrected chi connectivity index (χ4v) is 10.8. The van der Waals surface area contributed by atoms with Crippen molar-refractivity contribution in [3.63, 3.8) is 0 Å². The lowest BCUT2D eigenvalue weighted by Crippen LogP contribution is -2.69. The van der Waals surface area contributed by atoms with Crippen LogP contribution in [0.2, 0.25) is 0 Å². The van der Waals surface area contributed by atoms with Gasteiger partial charge < -0.3 is 39.0 Å². The Kier molecular flexibility index (Phi) is 15.2. The van der Waals surface area contributed by atoms with Crippen LogP contribution in [0.1, 0.15) is 84.6 Å². The Labute approximate surface area is 367 Å². The average molecular weight is 906 g/mol. The van der Waals surface area contributed by atoms with E-state index in [0.717, 1.165) is 5.57 Å². The van der Waals surface area contributed by atoms with Crippen LogP contribution in [0.5, 0.6) is 5.75 Å². The summed E-state index contributed by atoms with van der Waals surface area (Å²) in [5, 5.41) is 33.7. The van der Waals surface area contributed by atoms with Gasteiger partial charge in [-0.15, -0.1) is 31.8 Å². The SMILES string of the molecule is CC(=O)N[C@H](Cc1ccc(OC(=O)OCC(=O)[C@@]2(OC(=O)CCCO[N+](=O)[O-])[C@@H](C)CC3C4CCC5=CC(=O)C=C[C@]5(C)[C@@]4(Cl)[C@@H](O)C[C@@]32C)cc1)C(=O)OCCCCO[N+](=O)[O-]. The van der Waals surface area contributed by atoms with Crippen LogP contribution in [-0.2, 0) is 54.3 Å². The van der Waals surface area contributed by atoms with E-state index >= 15 is 0 Å². The number of amides is 1. The summed E-state index contributed by atoms with van der Waals surface area (Å²) >= 11 is 7.58. The molecule has 0 spiro atoms. The summed E-state index contributed by atoms with van der Waals surface area (Å²) in [5.74, 6) is -4.53. The first kappa shape index (κ1) is 48.4. The molecular formula is C42H52ClN3O17. The van der Waals surface area contributed by atoms with Gasteiger partial charge in [0.25, 0.3) is 10.2 Å². The molecule has 4 aliphatic carbocycles. The average Bonchev–Trinajstić information content (AvgIpc) is 3.42. The molecule has 5 rings (SSSR count). The minimum absolute atomic E-state index is 0.00216. The lowest BCUT2D eigenvalue weighted by molar-refractivity contribution is -0.757. The van der Waals surface area contributed by atoms with Crippen LogP contribution in [0, 0.1) is 48.8 Å². The highest BCUT2D eigenvalue weighted by Gasteiger charge is 2.76. The van der Waals surface area contributed by atoms with E-state index in [1.807, 2.05) is 6.92 Å². The van der Waals surface area contributed by atoms with Gasteiger partial charge >= 0.3 is 18.1 Å². The van der Waals surface area contributed by atoms with Gasteiger partial charge in [0.05, 0.1) is 30.8 Å². The number of ketones is 2. The molecule has 9 atom stereocenters. The monoisotopic (exact) mass is 905 g/mol. The minimum atomic E-state index is -1.95. The van der Waals surface area contributed by atoms with E-state index in [4.69, 9.17) is 30.5 Å². The summed E-state index contributed by atoms with van der Waals surface area (Å²) in [5.41, 5.74) is -2.76. The Morgan fingerprint density at radius 3 is 2.27 bits per heavy atom. The summed E-state index contributed by atoms with van der Waals surface area (Å²) in [6.07, 6.45) is 3.50. The molecule has 2 N–H and O–H groups in total. The number of hydrogen-bond acceptors (Lipinski definition) is 17. The summed E-state index contributed by atoms with van der Waals surface area (Å²) in [6.45, 7) is 5.08. The lowest BCUT2D eigenvalue weighted by atomic mass is 9.45. The van der Waals surface area contributed by atoms with Crippen molar-refractivity contribution in [2.24, 2.45) is 28.6 Å². The number of unbranched alkanes of at least 4 members (excludes halogenated alkanes) is 1. The van der Waals surface area contributed by atoms with Crippen molar-refractivity contribution in [2.75, 3.05) is 26.4 Å². The zero-order valence-corrected chi connectivity index (χ0v) is 36.1. The number of carbonyl (C=O) groups is 6. The van der Waals surface area contributed by atoms with Crippen LogP contribution >= 0.6 is 11.6 Å². The first-order chi connectivity index (χ1) is 29.7. The van der Waals surface area contributed by atoms with Gasteiger partial charge in [-0.25, -0.2) is 9.59 Å². The summed E-state index contributed by atoms with van der Waals surface area (Å²) < 4.78 is 22.1. The second-order valence-corrected chi connectivity index (χ2v) is 17.5. The Balaban J connectivity index is 1.29. The Morgan fingerprint density at radius 2 is 1.62 bits per heavy atom. The van der Waals surface area contributed by atoms with Crippen molar-refractivity contribution >= 4 is 47.2 Å². The van der Waals surface area contributed by atoms with Crippen molar-refractivity contribution in [1.82, 2.24) is 5.32 Å². The molecule has 4 aliphatic rings. The number of hydrogen-bond donors (Lipinski definition) is 2. The zero-order valence-electron chi connectivity index (χ0n) is 35.4. The quantitative estimate of drug-likeness (QED) is 0.0346. The van der Waals surface area contributed by atoms with Crippen LogP contribution in [-0.4, -0.2) is 99.9 Å². The number of aliphatic hydroxyl groups excluding tert-OH is 1. The molecule has 0 radical (unpaired) electrons. The summed E-state index contributed by atoms with van der Waals surface area (Å²) in [4.78, 5) is 106. The number of esters is 2. The second kappa shape index (κ2) is 19.8. The number of carbonyl (C=O) groups excluding carboxylic acids is 6. The minimum Gasteiger partial charge on any atom is -0.464 e. The van der Waals surface area contributed by atoms with Gasteiger partial charge in [-0.1, -0.05) is 44.6 Å². The van der Waals surface area contributed by atoms with Gasteiger partial charge in [0.1, 0.15) is 11.8 Å². The predicted octanol–water partition coefficient (Wildman–Crippen LogP) is 4.51. The molecule has 0 bridgehead atoms. The topological polar surface area (TPSA) is 276 Å². The normalized spacial score (nSPS) is 29.6. The molecule has 0 saturated heterocycles. The molecule has 0 aromatic heterocycles. The lowest BCUT2D eigenvalue weighted by Gasteiger charge is -2.64. The van der Waals surface area contributed by atoms with E-state index < -0.39 is 104 Å². The van der Waals surface area contributed by atoms with E-state index in [9.17, 15) is 54.1 Å². The van der Waals surface area contributed by atoms with E-state index in [2.05, 4.69) is 15.0 Å². The molecule has 21 heteroatoms. The van der Waals surface area contributed by atoms with Crippen LogP contribution in [0.25, 0.3) is 0 Å². The van der Waals surface area contributed by atoms with Crippen LogP contribution < -0.4 is 10.1 Å². The molecule has 1 aromatic rings.